The first kappa shape index (κ1) is 26.5. The zero-order chi connectivity index (χ0) is 28.2. The van der Waals surface area contributed by atoms with Crippen LogP contribution in [-0.2, 0) is 17.8 Å². The number of piperidine rings is 1. The van der Waals surface area contributed by atoms with Crippen LogP contribution in [0.5, 0.6) is 5.75 Å². The van der Waals surface area contributed by atoms with Crippen molar-refractivity contribution in [1.29, 1.82) is 0 Å². The van der Waals surface area contributed by atoms with Crippen molar-refractivity contribution in [2.75, 3.05) is 13.1 Å². The standard InChI is InChI=1S/C34H31N3O4/c38-30-21-28(15-16-29(30)26-9-5-2-6-10-26)32-35-31(36-41-32)27-13-11-25(12-14-27)23-37-19-17-34(18-20-37,33(39)40)22-24-7-3-1-4-8-24/h1-16,21,38H,17-20,22-23H2,(H,39,40). The van der Waals surface area contributed by atoms with E-state index in [-0.39, 0.29) is 5.75 Å². The third kappa shape index (κ3) is 5.76. The fourth-order valence-corrected chi connectivity index (χ4v) is 5.59. The Balaban J connectivity index is 1.09. The number of hydrogen-bond donors (Lipinski definition) is 2. The summed E-state index contributed by atoms with van der Waals surface area (Å²) >= 11 is 0. The summed E-state index contributed by atoms with van der Waals surface area (Å²) in [6.45, 7) is 2.24. The number of nitrogens with zero attached hydrogens (tertiary/aromatic N) is 3. The van der Waals surface area contributed by atoms with Crippen LogP contribution in [0.4, 0.5) is 0 Å². The van der Waals surface area contributed by atoms with Gasteiger partial charge in [-0.05, 0) is 67.2 Å². The van der Waals surface area contributed by atoms with E-state index in [4.69, 9.17) is 4.52 Å². The molecule has 206 valence electrons. The molecular formula is C34H31N3O4. The van der Waals surface area contributed by atoms with Crippen LogP contribution in [0.1, 0.15) is 24.0 Å². The molecule has 7 heteroatoms. The molecule has 2 N–H and O–H groups in total. The van der Waals surface area contributed by atoms with E-state index in [9.17, 15) is 15.0 Å². The molecule has 4 aromatic carbocycles. The van der Waals surface area contributed by atoms with Crippen LogP contribution in [0.2, 0.25) is 0 Å². The van der Waals surface area contributed by atoms with Gasteiger partial charge in [-0.15, -0.1) is 0 Å². The molecule has 1 aromatic heterocycles. The average Bonchev–Trinajstić information content (AvgIpc) is 3.50. The Hall–Kier alpha value is -4.75. The van der Waals surface area contributed by atoms with Crippen molar-refractivity contribution in [2.24, 2.45) is 5.41 Å². The Morgan fingerprint density at radius 1 is 0.805 bits per heavy atom. The maximum Gasteiger partial charge on any atom is 0.310 e. The molecule has 0 atom stereocenters. The van der Waals surface area contributed by atoms with Crippen LogP contribution in [0, 0.1) is 5.41 Å². The number of carbonyl (C=O) groups is 1. The number of likely N-dealkylation sites (tertiary alicyclic amines) is 1. The fourth-order valence-electron chi connectivity index (χ4n) is 5.59. The van der Waals surface area contributed by atoms with Gasteiger partial charge >= 0.3 is 5.97 Å². The second-order valence-electron chi connectivity index (χ2n) is 10.7. The topological polar surface area (TPSA) is 99.7 Å². The minimum atomic E-state index is -0.712. The molecule has 0 aliphatic carbocycles. The highest BCUT2D eigenvalue weighted by atomic mass is 16.5. The Bertz CT molecular complexity index is 1620. The van der Waals surface area contributed by atoms with E-state index >= 15 is 0 Å². The molecule has 1 saturated heterocycles. The SMILES string of the molecule is O=C(O)C1(Cc2ccccc2)CCN(Cc2ccc(-c3noc(-c4ccc(-c5ccccc5)c(O)c4)n3)cc2)CC1. The van der Waals surface area contributed by atoms with Crippen molar-refractivity contribution in [3.63, 3.8) is 0 Å². The van der Waals surface area contributed by atoms with Crippen LogP contribution >= 0.6 is 0 Å². The van der Waals surface area contributed by atoms with Gasteiger partial charge in [0.25, 0.3) is 5.89 Å². The van der Waals surface area contributed by atoms with Gasteiger partial charge in [0.15, 0.2) is 0 Å². The molecule has 0 radical (unpaired) electrons. The molecule has 0 saturated carbocycles. The number of phenolic OH excluding ortho intramolecular Hbond substituents is 1. The molecule has 2 heterocycles. The lowest BCUT2D eigenvalue weighted by Gasteiger charge is -2.39. The molecule has 0 bridgehead atoms. The maximum atomic E-state index is 12.3. The lowest BCUT2D eigenvalue weighted by atomic mass is 9.74. The zero-order valence-electron chi connectivity index (χ0n) is 22.6. The number of phenols is 1. The van der Waals surface area contributed by atoms with E-state index in [0.717, 1.165) is 47.5 Å². The summed E-state index contributed by atoms with van der Waals surface area (Å²) in [5, 5.41) is 24.8. The molecule has 0 spiro atoms. The van der Waals surface area contributed by atoms with Crippen LogP contribution in [0.15, 0.2) is 108 Å². The van der Waals surface area contributed by atoms with Gasteiger partial charge in [-0.3, -0.25) is 9.69 Å². The molecule has 1 aliphatic rings. The zero-order valence-corrected chi connectivity index (χ0v) is 22.6. The molecule has 5 aromatic rings. The molecule has 0 amide bonds. The molecule has 41 heavy (non-hydrogen) atoms. The van der Waals surface area contributed by atoms with Crippen molar-refractivity contribution >= 4 is 5.97 Å². The molecular weight excluding hydrogens is 514 g/mol. The van der Waals surface area contributed by atoms with Crippen molar-refractivity contribution in [3.05, 3.63) is 114 Å². The Kier molecular flexibility index (Phi) is 7.35. The van der Waals surface area contributed by atoms with Crippen molar-refractivity contribution in [2.45, 2.75) is 25.8 Å². The molecule has 1 fully saturated rings. The normalized spacial score (nSPS) is 15.0. The lowest BCUT2D eigenvalue weighted by Crippen LogP contribution is -2.45. The Labute approximate surface area is 238 Å². The highest BCUT2D eigenvalue weighted by Gasteiger charge is 2.41. The third-order valence-electron chi connectivity index (χ3n) is 8.03. The Morgan fingerprint density at radius 2 is 1.46 bits per heavy atom. The van der Waals surface area contributed by atoms with Crippen LogP contribution in [-0.4, -0.2) is 44.3 Å². The van der Waals surface area contributed by atoms with E-state index < -0.39 is 11.4 Å². The largest absolute Gasteiger partial charge is 0.507 e. The summed E-state index contributed by atoms with van der Waals surface area (Å²) in [5.41, 5.74) is 4.66. The second kappa shape index (κ2) is 11.4. The van der Waals surface area contributed by atoms with Gasteiger partial charge in [0.2, 0.25) is 5.82 Å². The van der Waals surface area contributed by atoms with Crippen molar-refractivity contribution < 1.29 is 19.5 Å². The first-order valence-electron chi connectivity index (χ1n) is 13.8. The third-order valence-corrected chi connectivity index (χ3v) is 8.03. The smallest absolute Gasteiger partial charge is 0.310 e. The highest BCUT2D eigenvalue weighted by molar-refractivity contribution is 5.75. The monoisotopic (exact) mass is 545 g/mol. The van der Waals surface area contributed by atoms with Crippen LogP contribution in [0.25, 0.3) is 34.0 Å². The maximum absolute atomic E-state index is 12.3. The van der Waals surface area contributed by atoms with Crippen LogP contribution < -0.4 is 0 Å². The number of hydrogen-bond acceptors (Lipinski definition) is 6. The lowest BCUT2D eigenvalue weighted by molar-refractivity contribution is -0.152. The molecule has 1 aliphatic heterocycles. The Morgan fingerprint density at radius 3 is 2.12 bits per heavy atom. The molecule has 6 rings (SSSR count). The van der Waals surface area contributed by atoms with Gasteiger partial charge in [0.1, 0.15) is 5.75 Å². The van der Waals surface area contributed by atoms with E-state index in [2.05, 4.69) is 27.2 Å². The number of carboxylic acids is 1. The molecule has 0 unspecified atom stereocenters. The average molecular weight is 546 g/mol. The minimum Gasteiger partial charge on any atom is -0.507 e. The minimum absolute atomic E-state index is 0.149. The van der Waals surface area contributed by atoms with Gasteiger partial charge in [0.05, 0.1) is 5.41 Å². The van der Waals surface area contributed by atoms with Crippen molar-refractivity contribution in [1.82, 2.24) is 15.0 Å². The van der Waals surface area contributed by atoms with Gasteiger partial charge in [-0.2, -0.15) is 4.98 Å². The van der Waals surface area contributed by atoms with E-state index in [0.29, 0.717) is 36.5 Å². The van der Waals surface area contributed by atoms with Gasteiger partial charge < -0.3 is 14.7 Å². The summed E-state index contributed by atoms with van der Waals surface area (Å²) in [4.78, 5) is 19.1. The number of aromatic nitrogens is 2. The number of benzene rings is 4. The summed E-state index contributed by atoms with van der Waals surface area (Å²) < 4.78 is 5.51. The van der Waals surface area contributed by atoms with E-state index in [1.807, 2.05) is 84.9 Å². The first-order valence-corrected chi connectivity index (χ1v) is 13.8. The number of rotatable bonds is 8. The summed E-state index contributed by atoms with van der Waals surface area (Å²) in [5.74, 6) is 0.261. The number of aliphatic carboxylic acids is 1. The number of aromatic hydroxyl groups is 1. The molecule has 7 nitrogen and oxygen atoms in total. The summed E-state index contributed by atoms with van der Waals surface area (Å²) in [6, 6.07) is 33.0. The fraction of sp³-hybridized carbons (Fsp3) is 0.206. The number of carboxylic acid groups (broad SMARTS) is 1. The first-order chi connectivity index (χ1) is 20.0. The van der Waals surface area contributed by atoms with Gasteiger partial charge in [-0.1, -0.05) is 90.1 Å². The van der Waals surface area contributed by atoms with Crippen molar-refractivity contribution in [3.8, 4) is 39.7 Å². The highest BCUT2D eigenvalue weighted by Crippen LogP contribution is 2.36. The predicted molar refractivity (Wildman–Crippen MR) is 157 cm³/mol. The summed E-state index contributed by atoms with van der Waals surface area (Å²) in [6.07, 6.45) is 1.82. The predicted octanol–water partition coefficient (Wildman–Crippen LogP) is 6.69. The van der Waals surface area contributed by atoms with E-state index in [1.54, 1.807) is 6.07 Å². The summed E-state index contributed by atoms with van der Waals surface area (Å²) in [7, 11) is 0. The van der Waals surface area contributed by atoms with E-state index in [1.165, 1.54) is 0 Å². The van der Waals surface area contributed by atoms with Gasteiger partial charge in [0, 0.05) is 23.2 Å². The van der Waals surface area contributed by atoms with Gasteiger partial charge in [-0.25, -0.2) is 0 Å². The second-order valence-corrected chi connectivity index (χ2v) is 10.7. The quantitative estimate of drug-likeness (QED) is 0.224. The van der Waals surface area contributed by atoms with Crippen LogP contribution in [0.3, 0.4) is 0 Å².